The first-order valence-corrected chi connectivity index (χ1v) is 11.9. The lowest BCUT2D eigenvalue weighted by atomic mass is 10.1. The third-order valence-corrected chi connectivity index (χ3v) is 7.07. The molecule has 0 saturated heterocycles. The number of nitrogens with zero attached hydrogens (tertiary/aromatic N) is 2. The molecule has 0 fully saturated rings. The van der Waals surface area contributed by atoms with Gasteiger partial charge < -0.3 is 19.4 Å². The molecule has 0 atom stereocenters. The van der Waals surface area contributed by atoms with Crippen molar-refractivity contribution in [2.75, 3.05) is 7.11 Å². The highest BCUT2D eigenvalue weighted by atomic mass is 32.1. The number of para-hydroxylation sites is 2. The van der Waals surface area contributed by atoms with Gasteiger partial charge in [0.05, 0.1) is 17.3 Å². The Morgan fingerprint density at radius 1 is 1.06 bits per heavy atom. The number of carbonyl (C=O) groups is 1. The first kappa shape index (κ1) is 22.6. The zero-order valence-corrected chi connectivity index (χ0v) is 20.1. The number of pyridine rings is 2. The molecule has 0 aliphatic rings. The molecule has 176 valence electrons. The van der Waals surface area contributed by atoms with Crippen molar-refractivity contribution in [1.82, 2.24) is 14.9 Å². The van der Waals surface area contributed by atoms with Gasteiger partial charge in [-0.1, -0.05) is 36.4 Å². The number of aromatic nitrogens is 2. The zero-order chi connectivity index (χ0) is 24.4. The Kier molecular flexibility index (Phi) is 6.20. The summed E-state index contributed by atoms with van der Waals surface area (Å²) in [5.41, 5.74) is 2.33. The Balaban J connectivity index is 1.59. The Hall–Kier alpha value is -4.17. The Morgan fingerprint density at radius 3 is 2.60 bits per heavy atom. The average Bonchev–Trinajstić information content (AvgIpc) is 3.30. The molecule has 2 aromatic carbocycles. The molecule has 0 unspecified atom stereocenters. The summed E-state index contributed by atoms with van der Waals surface area (Å²) in [6, 6.07) is 18.9. The van der Waals surface area contributed by atoms with Crippen LogP contribution in [0.4, 0.5) is 0 Å². The Bertz CT molecular complexity index is 1590. The summed E-state index contributed by atoms with van der Waals surface area (Å²) in [7, 11) is 3.33. The van der Waals surface area contributed by atoms with E-state index in [-0.39, 0.29) is 24.6 Å². The monoisotopic (exact) mass is 485 g/mol. The number of nitrogens with one attached hydrogen (secondary N) is 1. The van der Waals surface area contributed by atoms with Crippen LogP contribution in [0.25, 0.3) is 21.0 Å². The lowest BCUT2D eigenvalue weighted by molar-refractivity contribution is 0.0951. The molecule has 8 heteroatoms. The summed E-state index contributed by atoms with van der Waals surface area (Å²) in [5.74, 6) is 0.678. The van der Waals surface area contributed by atoms with Crippen LogP contribution in [0, 0.1) is 0 Å². The van der Waals surface area contributed by atoms with Gasteiger partial charge >= 0.3 is 0 Å². The zero-order valence-electron chi connectivity index (χ0n) is 19.3. The number of ether oxygens (including phenoxy) is 2. The molecular formula is C27H23N3O4S. The van der Waals surface area contributed by atoms with Crippen LogP contribution in [0.15, 0.2) is 77.9 Å². The number of rotatable bonds is 7. The number of methoxy groups -OCH3 is 1. The molecule has 3 aromatic heterocycles. The summed E-state index contributed by atoms with van der Waals surface area (Å²) in [6.07, 6.45) is 3.36. The van der Waals surface area contributed by atoms with Crippen molar-refractivity contribution in [1.29, 1.82) is 0 Å². The van der Waals surface area contributed by atoms with Gasteiger partial charge in [-0.05, 0) is 29.8 Å². The average molecular weight is 486 g/mol. The van der Waals surface area contributed by atoms with Gasteiger partial charge in [0.15, 0.2) is 5.75 Å². The molecule has 35 heavy (non-hydrogen) atoms. The van der Waals surface area contributed by atoms with E-state index in [0.29, 0.717) is 21.8 Å². The van der Waals surface area contributed by atoms with Crippen LogP contribution in [0.2, 0.25) is 0 Å². The van der Waals surface area contributed by atoms with E-state index in [4.69, 9.17) is 9.47 Å². The van der Waals surface area contributed by atoms with Crippen molar-refractivity contribution < 1.29 is 14.3 Å². The van der Waals surface area contributed by atoms with E-state index in [9.17, 15) is 9.59 Å². The molecule has 0 aliphatic heterocycles. The maximum atomic E-state index is 13.4. The van der Waals surface area contributed by atoms with Gasteiger partial charge in [-0.15, -0.1) is 11.3 Å². The van der Waals surface area contributed by atoms with Gasteiger partial charge in [0, 0.05) is 36.9 Å². The van der Waals surface area contributed by atoms with Crippen LogP contribution in [0.1, 0.15) is 20.8 Å². The molecule has 0 bridgehead atoms. The number of carbonyl (C=O) groups excluding carboxylic acids is 1. The molecule has 5 rings (SSSR count). The summed E-state index contributed by atoms with van der Waals surface area (Å²) in [5, 5.41) is 4.27. The molecule has 5 aromatic rings. The van der Waals surface area contributed by atoms with Crippen LogP contribution in [-0.2, 0) is 20.2 Å². The van der Waals surface area contributed by atoms with Gasteiger partial charge in [0.25, 0.3) is 11.5 Å². The fourth-order valence-electron chi connectivity index (χ4n) is 4.06. The lowest BCUT2D eigenvalue weighted by Crippen LogP contribution is -2.23. The second kappa shape index (κ2) is 9.60. The number of fused-ring (bicyclic) bond motifs is 3. The van der Waals surface area contributed by atoms with Crippen LogP contribution in [-0.4, -0.2) is 22.6 Å². The lowest BCUT2D eigenvalue weighted by Gasteiger charge is -2.11. The highest BCUT2D eigenvalue weighted by Gasteiger charge is 2.25. The maximum absolute atomic E-state index is 13.4. The molecule has 1 amide bonds. The number of hydrogen-bond donors (Lipinski definition) is 1. The summed E-state index contributed by atoms with van der Waals surface area (Å²) < 4.78 is 13.9. The minimum Gasteiger partial charge on any atom is -0.496 e. The Labute approximate surface area is 205 Å². The maximum Gasteiger partial charge on any atom is 0.265 e. The molecule has 0 saturated carbocycles. The van der Waals surface area contributed by atoms with Crippen molar-refractivity contribution in [3.8, 4) is 11.5 Å². The second-order valence-corrected chi connectivity index (χ2v) is 9.01. The van der Waals surface area contributed by atoms with E-state index in [0.717, 1.165) is 26.7 Å². The molecule has 1 N–H and O–H groups in total. The van der Waals surface area contributed by atoms with Crippen molar-refractivity contribution >= 4 is 38.2 Å². The number of benzene rings is 2. The predicted molar refractivity (Wildman–Crippen MR) is 137 cm³/mol. The largest absolute Gasteiger partial charge is 0.496 e. The molecule has 0 spiro atoms. The van der Waals surface area contributed by atoms with Crippen molar-refractivity contribution in [3.05, 3.63) is 99.4 Å². The number of amides is 1. The highest BCUT2D eigenvalue weighted by molar-refractivity contribution is 7.22. The molecule has 3 heterocycles. The van der Waals surface area contributed by atoms with E-state index in [2.05, 4.69) is 10.3 Å². The quantitative estimate of drug-likeness (QED) is 0.362. The topological polar surface area (TPSA) is 82.5 Å². The van der Waals surface area contributed by atoms with E-state index in [1.165, 1.54) is 11.3 Å². The third-order valence-electron chi connectivity index (χ3n) is 5.86. The van der Waals surface area contributed by atoms with Crippen LogP contribution in [0.5, 0.6) is 11.5 Å². The normalized spacial score (nSPS) is 11.0. The molecule has 7 nitrogen and oxygen atoms in total. The predicted octanol–water partition coefficient (Wildman–Crippen LogP) is 4.67. The minimum absolute atomic E-state index is 0.205. The van der Waals surface area contributed by atoms with Gasteiger partial charge in [-0.25, -0.2) is 0 Å². The van der Waals surface area contributed by atoms with E-state index < -0.39 is 0 Å². The highest BCUT2D eigenvalue weighted by Crippen LogP contribution is 2.40. The van der Waals surface area contributed by atoms with Crippen LogP contribution in [0.3, 0.4) is 0 Å². The Morgan fingerprint density at radius 2 is 1.80 bits per heavy atom. The molecule has 0 radical (unpaired) electrons. The minimum atomic E-state index is -0.312. The van der Waals surface area contributed by atoms with Crippen LogP contribution >= 0.6 is 11.3 Å². The van der Waals surface area contributed by atoms with Crippen molar-refractivity contribution in [2.24, 2.45) is 7.05 Å². The smallest absolute Gasteiger partial charge is 0.265 e. The molecule has 0 aliphatic carbocycles. The van der Waals surface area contributed by atoms with E-state index >= 15 is 0 Å². The fraction of sp³-hybridized carbons (Fsp3) is 0.148. The third kappa shape index (κ3) is 4.24. The fourth-order valence-corrected chi connectivity index (χ4v) is 5.25. The van der Waals surface area contributed by atoms with Gasteiger partial charge in [0.2, 0.25) is 0 Å². The number of thiophene rings is 1. The summed E-state index contributed by atoms with van der Waals surface area (Å²) >= 11 is 1.27. The van der Waals surface area contributed by atoms with Gasteiger partial charge in [-0.2, -0.15) is 0 Å². The van der Waals surface area contributed by atoms with Crippen molar-refractivity contribution in [2.45, 2.75) is 13.2 Å². The summed E-state index contributed by atoms with van der Waals surface area (Å²) in [6.45, 7) is 0.483. The van der Waals surface area contributed by atoms with E-state index in [1.807, 2.05) is 60.7 Å². The standard InChI is InChI=1S/C27H23N3O4S/c1-30-20-9-5-4-8-19(20)24-22(27(30)32)23(34-16-17-11-13-28-14-12-17)25(35-24)26(31)29-15-18-7-3-6-10-21(18)33-2/h3-14H,15-16H2,1-2H3,(H,29,31). The van der Waals surface area contributed by atoms with E-state index in [1.54, 1.807) is 31.1 Å². The first-order chi connectivity index (χ1) is 17.1. The SMILES string of the molecule is COc1ccccc1CNC(=O)c1sc2c(c1OCc1ccncc1)c(=O)n(C)c1ccccc21. The number of hydrogen-bond acceptors (Lipinski definition) is 6. The molecular weight excluding hydrogens is 462 g/mol. The van der Waals surface area contributed by atoms with Crippen molar-refractivity contribution in [3.63, 3.8) is 0 Å². The van der Waals surface area contributed by atoms with Gasteiger partial charge in [-0.3, -0.25) is 14.6 Å². The van der Waals surface area contributed by atoms with Crippen LogP contribution < -0.4 is 20.3 Å². The number of aryl methyl sites for hydroxylation is 1. The second-order valence-electron chi connectivity index (χ2n) is 7.98. The van der Waals surface area contributed by atoms with Gasteiger partial charge in [0.1, 0.15) is 22.6 Å². The first-order valence-electron chi connectivity index (χ1n) is 11.0. The summed E-state index contributed by atoms with van der Waals surface area (Å²) in [4.78, 5) is 31.2.